The van der Waals surface area contributed by atoms with Crippen molar-refractivity contribution in [1.82, 2.24) is 0 Å². The Labute approximate surface area is 157 Å². The van der Waals surface area contributed by atoms with Gasteiger partial charge in [0.05, 0.1) is 12.2 Å². The first-order chi connectivity index (χ1) is 12.6. The van der Waals surface area contributed by atoms with E-state index in [-0.39, 0.29) is 6.42 Å². The van der Waals surface area contributed by atoms with Crippen molar-refractivity contribution < 1.29 is 20.1 Å². The first kappa shape index (κ1) is 23.8. The fourth-order valence-corrected chi connectivity index (χ4v) is 1.82. The molecule has 4 heteroatoms. The van der Waals surface area contributed by atoms with Gasteiger partial charge in [0.15, 0.2) is 0 Å². The molecule has 0 aliphatic rings. The number of carboxylic acids is 1. The second kappa shape index (κ2) is 17.6. The van der Waals surface area contributed by atoms with E-state index in [1.54, 1.807) is 18.2 Å². The summed E-state index contributed by atoms with van der Waals surface area (Å²) in [7, 11) is 0. The fraction of sp³-hybridized carbons (Fsp3) is 0.409. The molecule has 0 aliphatic carbocycles. The predicted octanol–water partition coefficient (Wildman–Crippen LogP) is 4.49. The third-order valence-electron chi connectivity index (χ3n) is 3.36. The van der Waals surface area contributed by atoms with Crippen LogP contribution in [0.3, 0.4) is 0 Å². The second-order valence-electron chi connectivity index (χ2n) is 5.75. The van der Waals surface area contributed by atoms with E-state index < -0.39 is 18.2 Å². The molecule has 0 fully saturated rings. The number of hydrogen-bond donors (Lipinski definition) is 3. The number of hydrogen-bond acceptors (Lipinski definition) is 3. The molecule has 0 unspecified atom stereocenters. The van der Waals surface area contributed by atoms with Gasteiger partial charge in [0, 0.05) is 6.42 Å². The van der Waals surface area contributed by atoms with Gasteiger partial charge in [-0.15, -0.1) is 0 Å². The number of rotatable bonds is 14. The highest BCUT2D eigenvalue weighted by Gasteiger charge is 1.93. The maximum absolute atomic E-state index is 10.3. The van der Waals surface area contributed by atoms with Crippen molar-refractivity contribution in [3.8, 4) is 0 Å². The van der Waals surface area contributed by atoms with Crippen LogP contribution in [0.5, 0.6) is 0 Å². The van der Waals surface area contributed by atoms with Crippen LogP contribution in [0.15, 0.2) is 72.9 Å². The third kappa shape index (κ3) is 18.2. The lowest BCUT2D eigenvalue weighted by Crippen LogP contribution is -1.99. The Morgan fingerprint density at radius 1 is 0.808 bits per heavy atom. The van der Waals surface area contributed by atoms with E-state index in [0.717, 1.165) is 12.8 Å². The summed E-state index contributed by atoms with van der Waals surface area (Å²) in [5.41, 5.74) is 0. The van der Waals surface area contributed by atoms with Crippen LogP contribution in [0.4, 0.5) is 0 Å². The zero-order valence-corrected chi connectivity index (χ0v) is 15.6. The number of carboxylic acid groups (broad SMARTS) is 1. The topological polar surface area (TPSA) is 77.8 Å². The van der Waals surface area contributed by atoms with E-state index in [4.69, 9.17) is 5.11 Å². The van der Waals surface area contributed by atoms with Crippen molar-refractivity contribution in [3.05, 3.63) is 72.9 Å². The van der Waals surface area contributed by atoms with E-state index in [1.807, 2.05) is 61.6 Å². The van der Waals surface area contributed by atoms with Gasteiger partial charge in [-0.25, -0.2) is 0 Å². The van der Waals surface area contributed by atoms with Crippen LogP contribution in [0.25, 0.3) is 0 Å². The summed E-state index contributed by atoms with van der Waals surface area (Å²) in [5.74, 6) is -0.770. The van der Waals surface area contributed by atoms with Crippen molar-refractivity contribution in [2.45, 2.75) is 57.7 Å². The summed E-state index contributed by atoms with van der Waals surface area (Å²) in [6.07, 6.45) is 25.3. The molecule has 0 amide bonds. The molecule has 4 nitrogen and oxygen atoms in total. The van der Waals surface area contributed by atoms with Crippen LogP contribution in [0, 0.1) is 0 Å². The van der Waals surface area contributed by atoms with Crippen LogP contribution in [-0.4, -0.2) is 33.5 Å². The van der Waals surface area contributed by atoms with Crippen molar-refractivity contribution >= 4 is 5.97 Å². The molecule has 0 aromatic carbocycles. The van der Waals surface area contributed by atoms with Gasteiger partial charge in [0.2, 0.25) is 0 Å². The number of aliphatic carboxylic acids is 1. The number of aliphatic hydroxyl groups excluding tert-OH is 2. The van der Waals surface area contributed by atoms with Crippen LogP contribution in [-0.2, 0) is 4.79 Å². The Morgan fingerprint density at radius 3 is 2.04 bits per heavy atom. The molecule has 0 radical (unpaired) electrons. The standard InChI is InChI=1S/C22H32O4/c1-2-20(23)16-13-11-14-18-21(24)17-12-9-7-5-3-4-6-8-10-15-19-22(25)26/h3-4,7-14,16-17,20-21,23-24H,2,5-6,15,18-19H2,1H3,(H,25,26)/b4-3-,9-7-,10-8-,14-11-,16-13+,17-12+/t20-,21-/m1/s1. The normalized spacial score (nSPS) is 15.5. The SMILES string of the molecule is CC[C@@H](O)/C=C/C=C\C[C@H](O)/C=C/C=C\C/C=C\C/C=C\CCC(=O)O. The molecular weight excluding hydrogens is 328 g/mol. The molecule has 0 heterocycles. The summed E-state index contributed by atoms with van der Waals surface area (Å²) in [5, 5.41) is 27.6. The Morgan fingerprint density at radius 2 is 1.38 bits per heavy atom. The highest BCUT2D eigenvalue weighted by Crippen LogP contribution is 1.99. The minimum Gasteiger partial charge on any atom is -0.481 e. The van der Waals surface area contributed by atoms with E-state index >= 15 is 0 Å². The number of allylic oxidation sites excluding steroid dienone is 9. The largest absolute Gasteiger partial charge is 0.481 e. The second-order valence-corrected chi connectivity index (χ2v) is 5.75. The van der Waals surface area contributed by atoms with E-state index in [9.17, 15) is 15.0 Å². The lowest BCUT2D eigenvalue weighted by molar-refractivity contribution is -0.136. The molecule has 0 aromatic rings. The van der Waals surface area contributed by atoms with E-state index in [2.05, 4.69) is 0 Å². The van der Waals surface area contributed by atoms with Crippen LogP contribution >= 0.6 is 0 Å². The van der Waals surface area contributed by atoms with Crippen molar-refractivity contribution in [3.63, 3.8) is 0 Å². The molecule has 144 valence electrons. The smallest absolute Gasteiger partial charge is 0.303 e. The van der Waals surface area contributed by atoms with E-state index in [0.29, 0.717) is 19.3 Å². The summed E-state index contributed by atoms with van der Waals surface area (Å²) >= 11 is 0. The minimum atomic E-state index is -0.770. The first-order valence-electron chi connectivity index (χ1n) is 9.10. The van der Waals surface area contributed by atoms with E-state index in [1.165, 1.54) is 0 Å². The molecule has 0 spiro atoms. The summed E-state index contributed by atoms with van der Waals surface area (Å²) < 4.78 is 0. The van der Waals surface area contributed by atoms with Crippen molar-refractivity contribution in [2.75, 3.05) is 0 Å². The monoisotopic (exact) mass is 360 g/mol. The first-order valence-corrected chi connectivity index (χ1v) is 9.10. The van der Waals surface area contributed by atoms with Gasteiger partial charge < -0.3 is 15.3 Å². The number of aliphatic hydroxyl groups is 2. The van der Waals surface area contributed by atoms with Crippen LogP contribution < -0.4 is 0 Å². The summed E-state index contributed by atoms with van der Waals surface area (Å²) in [6, 6.07) is 0. The molecule has 26 heavy (non-hydrogen) atoms. The lowest BCUT2D eigenvalue weighted by atomic mass is 10.2. The number of carbonyl (C=O) groups is 1. The average molecular weight is 360 g/mol. The molecule has 0 rings (SSSR count). The maximum atomic E-state index is 10.3. The Balaban J connectivity index is 3.79. The quantitative estimate of drug-likeness (QED) is 0.315. The lowest BCUT2D eigenvalue weighted by Gasteiger charge is -1.99. The van der Waals surface area contributed by atoms with Gasteiger partial charge >= 0.3 is 5.97 Å². The van der Waals surface area contributed by atoms with Gasteiger partial charge in [0.25, 0.3) is 0 Å². The Kier molecular flexibility index (Phi) is 16.2. The summed E-state index contributed by atoms with van der Waals surface area (Å²) in [4.78, 5) is 10.3. The zero-order valence-electron chi connectivity index (χ0n) is 15.6. The minimum absolute atomic E-state index is 0.176. The molecule has 0 aromatic heterocycles. The fourth-order valence-electron chi connectivity index (χ4n) is 1.82. The van der Waals surface area contributed by atoms with Gasteiger partial charge in [0.1, 0.15) is 0 Å². The Bertz CT molecular complexity index is 524. The zero-order chi connectivity index (χ0) is 19.5. The average Bonchev–Trinajstić information content (AvgIpc) is 2.61. The van der Waals surface area contributed by atoms with Gasteiger partial charge in [-0.3, -0.25) is 4.79 Å². The predicted molar refractivity (Wildman–Crippen MR) is 108 cm³/mol. The molecule has 0 saturated carbocycles. The van der Waals surface area contributed by atoms with Crippen molar-refractivity contribution in [1.29, 1.82) is 0 Å². The summed E-state index contributed by atoms with van der Waals surface area (Å²) in [6.45, 7) is 1.92. The van der Waals surface area contributed by atoms with Gasteiger partial charge in [-0.1, -0.05) is 79.8 Å². The van der Waals surface area contributed by atoms with Crippen molar-refractivity contribution in [2.24, 2.45) is 0 Å². The molecule has 3 N–H and O–H groups in total. The maximum Gasteiger partial charge on any atom is 0.303 e. The highest BCUT2D eigenvalue weighted by molar-refractivity contribution is 5.66. The molecule has 0 bridgehead atoms. The van der Waals surface area contributed by atoms with Crippen LogP contribution in [0.1, 0.15) is 45.4 Å². The Hall–Kier alpha value is -2.17. The molecule has 0 aliphatic heterocycles. The third-order valence-corrected chi connectivity index (χ3v) is 3.36. The highest BCUT2D eigenvalue weighted by atomic mass is 16.4. The molecule has 0 saturated heterocycles. The molecule has 2 atom stereocenters. The van der Waals surface area contributed by atoms with Gasteiger partial charge in [-0.05, 0) is 32.1 Å². The molecular formula is C22H32O4. The van der Waals surface area contributed by atoms with Gasteiger partial charge in [-0.2, -0.15) is 0 Å². The van der Waals surface area contributed by atoms with Crippen LogP contribution in [0.2, 0.25) is 0 Å².